The van der Waals surface area contributed by atoms with Crippen LogP contribution >= 0.6 is 0 Å². The molecule has 0 saturated carbocycles. The lowest BCUT2D eigenvalue weighted by atomic mass is 10.1. The lowest BCUT2D eigenvalue weighted by Crippen LogP contribution is -2.46. The number of hydrogen-bond donors (Lipinski definition) is 0. The lowest BCUT2D eigenvalue weighted by Gasteiger charge is -2.37. The minimum atomic E-state index is -0.271. The summed E-state index contributed by atoms with van der Waals surface area (Å²) in [5.41, 5.74) is 3.71. The molecule has 132 valence electrons. The van der Waals surface area contributed by atoms with E-state index in [1.165, 1.54) is 12.1 Å². The van der Waals surface area contributed by atoms with Crippen LogP contribution in [0.5, 0.6) is 0 Å². The predicted molar refractivity (Wildman–Crippen MR) is 98.0 cm³/mol. The molecule has 4 nitrogen and oxygen atoms in total. The molecular formula is C20H23FN2O2. The number of carbonyl (C=O) groups excluding carboxylic acids is 1. The number of halogens is 1. The summed E-state index contributed by atoms with van der Waals surface area (Å²) < 4.78 is 18.1. The molecule has 2 aromatic carbocycles. The van der Waals surface area contributed by atoms with Crippen LogP contribution in [0.2, 0.25) is 0 Å². The molecule has 0 aliphatic carbocycles. The number of carbonyl (C=O) groups is 1. The summed E-state index contributed by atoms with van der Waals surface area (Å²) in [6.45, 7) is 7.65. The zero-order valence-corrected chi connectivity index (χ0v) is 14.7. The number of ether oxygens (including phenoxy) is 1. The van der Waals surface area contributed by atoms with E-state index in [1.807, 2.05) is 44.2 Å². The molecule has 3 rings (SSSR count). The fourth-order valence-corrected chi connectivity index (χ4v) is 3.16. The molecule has 1 fully saturated rings. The Balaban J connectivity index is 1.65. The summed E-state index contributed by atoms with van der Waals surface area (Å²) in [6, 6.07) is 12.5. The van der Waals surface area contributed by atoms with Crippen LogP contribution < -0.4 is 9.80 Å². The van der Waals surface area contributed by atoms with Crippen molar-refractivity contribution in [2.24, 2.45) is 0 Å². The standard InChI is InChI=1S/C20H23FN2O2/c1-3-25-20(24)19-9-8-18(14-15(19)2)23-12-10-22(11-13-23)17-6-4-16(21)5-7-17/h4-9,14H,3,10-13H2,1-2H3. The zero-order chi connectivity index (χ0) is 17.8. The van der Waals surface area contributed by atoms with E-state index >= 15 is 0 Å². The molecular weight excluding hydrogens is 319 g/mol. The topological polar surface area (TPSA) is 32.8 Å². The third-order valence-corrected chi connectivity index (χ3v) is 4.54. The van der Waals surface area contributed by atoms with Gasteiger partial charge in [0.15, 0.2) is 0 Å². The van der Waals surface area contributed by atoms with Gasteiger partial charge in [-0.25, -0.2) is 9.18 Å². The van der Waals surface area contributed by atoms with Gasteiger partial charge in [-0.1, -0.05) is 0 Å². The third kappa shape index (κ3) is 3.92. The number of aryl methyl sites for hydroxylation is 1. The van der Waals surface area contributed by atoms with E-state index in [1.54, 1.807) is 0 Å². The molecule has 0 amide bonds. The molecule has 2 aromatic rings. The molecule has 1 heterocycles. The number of anilines is 2. The van der Waals surface area contributed by atoms with Crippen LogP contribution in [0.15, 0.2) is 42.5 Å². The quantitative estimate of drug-likeness (QED) is 0.794. The molecule has 1 saturated heterocycles. The summed E-state index contributed by atoms with van der Waals surface area (Å²) in [6.07, 6.45) is 0. The fourth-order valence-electron chi connectivity index (χ4n) is 3.16. The first-order valence-electron chi connectivity index (χ1n) is 8.61. The van der Waals surface area contributed by atoms with Gasteiger partial charge in [-0.05, 0) is 61.9 Å². The normalized spacial score (nSPS) is 14.5. The van der Waals surface area contributed by atoms with Crippen LogP contribution in [-0.2, 0) is 4.74 Å². The van der Waals surface area contributed by atoms with Crippen LogP contribution in [-0.4, -0.2) is 38.8 Å². The Morgan fingerprint density at radius 1 is 1.00 bits per heavy atom. The second-order valence-corrected chi connectivity index (χ2v) is 6.17. The first-order valence-corrected chi connectivity index (χ1v) is 8.61. The molecule has 1 aliphatic heterocycles. The Morgan fingerprint density at radius 2 is 1.56 bits per heavy atom. The molecule has 25 heavy (non-hydrogen) atoms. The minimum Gasteiger partial charge on any atom is -0.462 e. The Hall–Kier alpha value is -2.56. The number of benzene rings is 2. The monoisotopic (exact) mass is 342 g/mol. The summed E-state index contributed by atoms with van der Waals surface area (Å²) in [5.74, 6) is -0.479. The van der Waals surface area contributed by atoms with E-state index < -0.39 is 0 Å². The number of rotatable bonds is 4. The number of nitrogens with zero attached hydrogens (tertiary/aromatic N) is 2. The van der Waals surface area contributed by atoms with Gasteiger partial charge >= 0.3 is 5.97 Å². The largest absolute Gasteiger partial charge is 0.462 e. The third-order valence-electron chi connectivity index (χ3n) is 4.54. The first kappa shape index (κ1) is 17.3. The van der Waals surface area contributed by atoms with E-state index in [2.05, 4.69) is 9.80 Å². The molecule has 0 atom stereocenters. The number of piperazine rings is 1. The second-order valence-electron chi connectivity index (χ2n) is 6.17. The summed E-state index contributed by atoms with van der Waals surface area (Å²) in [5, 5.41) is 0. The van der Waals surface area contributed by atoms with Gasteiger partial charge in [0.1, 0.15) is 5.82 Å². The Morgan fingerprint density at radius 3 is 2.12 bits per heavy atom. The zero-order valence-electron chi connectivity index (χ0n) is 14.7. The van der Waals surface area contributed by atoms with Crippen molar-refractivity contribution in [3.63, 3.8) is 0 Å². The highest BCUT2D eigenvalue weighted by atomic mass is 19.1. The van der Waals surface area contributed by atoms with Gasteiger partial charge in [0.05, 0.1) is 12.2 Å². The molecule has 0 aromatic heterocycles. The van der Waals surface area contributed by atoms with E-state index in [0.717, 1.165) is 43.1 Å². The maximum absolute atomic E-state index is 13.1. The summed E-state index contributed by atoms with van der Waals surface area (Å²) in [7, 11) is 0. The summed E-state index contributed by atoms with van der Waals surface area (Å²) in [4.78, 5) is 16.5. The molecule has 0 N–H and O–H groups in total. The van der Waals surface area contributed by atoms with Crippen LogP contribution in [0, 0.1) is 12.7 Å². The molecule has 0 radical (unpaired) electrons. The van der Waals surface area contributed by atoms with Crippen molar-refractivity contribution < 1.29 is 13.9 Å². The molecule has 0 spiro atoms. The highest BCUT2D eigenvalue weighted by molar-refractivity contribution is 5.91. The average Bonchev–Trinajstić information content (AvgIpc) is 2.62. The van der Waals surface area contributed by atoms with Crippen molar-refractivity contribution in [3.8, 4) is 0 Å². The average molecular weight is 342 g/mol. The van der Waals surface area contributed by atoms with E-state index in [4.69, 9.17) is 4.74 Å². The Labute approximate surface area is 147 Å². The van der Waals surface area contributed by atoms with Crippen molar-refractivity contribution in [2.75, 3.05) is 42.6 Å². The second kappa shape index (κ2) is 7.55. The minimum absolute atomic E-state index is 0.209. The fraction of sp³-hybridized carbons (Fsp3) is 0.350. The highest BCUT2D eigenvalue weighted by Gasteiger charge is 2.19. The Kier molecular flexibility index (Phi) is 5.22. The van der Waals surface area contributed by atoms with Crippen molar-refractivity contribution in [1.29, 1.82) is 0 Å². The van der Waals surface area contributed by atoms with Crippen molar-refractivity contribution in [3.05, 3.63) is 59.4 Å². The number of esters is 1. The highest BCUT2D eigenvalue weighted by Crippen LogP contribution is 2.23. The predicted octanol–water partition coefficient (Wildman–Crippen LogP) is 3.64. The smallest absolute Gasteiger partial charge is 0.338 e. The lowest BCUT2D eigenvalue weighted by molar-refractivity contribution is 0.0525. The van der Waals surface area contributed by atoms with Gasteiger partial charge in [-0.3, -0.25) is 0 Å². The van der Waals surface area contributed by atoms with Crippen LogP contribution in [0.4, 0.5) is 15.8 Å². The Bertz CT molecular complexity index is 738. The van der Waals surface area contributed by atoms with Gasteiger partial charge in [0.25, 0.3) is 0 Å². The van der Waals surface area contributed by atoms with E-state index in [0.29, 0.717) is 12.2 Å². The maximum atomic E-state index is 13.1. The van der Waals surface area contributed by atoms with Crippen molar-refractivity contribution in [2.45, 2.75) is 13.8 Å². The molecule has 0 unspecified atom stereocenters. The molecule has 1 aliphatic rings. The summed E-state index contributed by atoms with van der Waals surface area (Å²) >= 11 is 0. The SMILES string of the molecule is CCOC(=O)c1ccc(N2CCN(c3ccc(F)cc3)CC2)cc1C. The van der Waals surface area contributed by atoms with E-state index in [9.17, 15) is 9.18 Å². The van der Waals surface area contributed by atoms with Gasteiger partial charge < -0.3 is 14.5 Å². The van der Waals surface area contributed by atoms with Crippen LogP contribution in [0.1, 0.15) is 22.8 Å². The van der Waals surface area contributed by atoms with Gasteiger partial charge in [-0.2, -0.15) is 0 Å². The van der Waals surface area contributed by atoms with Crippen LogP contribution in [0.25, 0.3) is 0 Å². The van der Waals surface area contributed by atoms with Crippen molar-refractivity contribution >= 4 is 17.3 Å². The van der Waals surface area contributed by atoms with E-state index in [-0.39, 0.29) is 11.8 Å². The maximum Gasteiger partial charge on any atom is 0.338 e. The number of hydrogen-bond acceptors (Lipinski definition) is 4. The molecule has 0 bridgehead atoms. The van der Waals surface area contributed by atoms with Gasteiger partial charge in [-0.15, -0.1) is 0 Å². The van der Waals surface area contributed by atoms with Crippen LogP contribution in [0.3, 0.4) is 0 Å². The van der Waals surface area contributed by atoms with Gasteiger partial charge in [0, 0.05) is 37.6 Å². The first-order chi connectivity index (χ1) is 12.1. The van der Waals surface area contributed by atoms with Crippen molar-refractivity contribution in [1.82, 2.24) is 0 Å². The molecule has 5 heteroatoms. The van der Waals surface area contributed by atoms with Gasteiger partial charge in [0.2, 0.25) is 0 Å².